The maximum Gasteiger partial charge on any atom is 0.276 e. The molecule has 0 aliphatic heterocycles. The molecule has 16 heavy (non-hydrogen) atoms. The Morgan fingerprint density at radius 1 is 1.50 bits per heavy atom. The van der Waals surface area contributed by atoms with E-state index in [1.165, 1.54) is 10.9 Å². The second-order valence-electron chi connectivity index (χ2n) is 3.27. The number of aromatic nitrogens is 3. The molecule has 0 aromatic carbocycles. The van der Waals surface area contributed by atoms with Crippen LogP contribution in [0.4, 0.5) is 11.4 Å². The van der Waals surface area contributed by atoms with Gasteiger partial charge in [0.05, 0.1) is 23.8 Å². The van der Waals surface area contributed by atoms with Gasteiger partial charge in [0.2, 0.25) is 0 Å². The molecular formula is C10H11N5O. The highest BCUT2D eigenvalue weighted by Crippen LogP contribution is 2.12. The molecule has 0 spiro atoms. The molecule has 0 aliphatic rings. The van der Waals surface area contributed by atoms with Crippen molar-refractivity contribution in [1.29, 1.82) is 0 Å². The summed E-state index contributed by atoms with van der Waals surface area (Å²) in [6, 6.07) is 3.49. The molecule has 2 aromatic heterocycles. The molecule has 82 valence electrons. The normalized spacial score (nSPS) is 10.1. The van der Waals surface area contributed by atoms with E-state index in [9.17, 15) is 4.79 Å². The van der Waals surface area contributed by atoms with Crippen LogP contribution < -0.4 is 11.1 Å². The van der Waals surface area contributed by atoms with Crippen molar-refractivity contribution in [3.8, 4) is 0 Å². The molecule has 0 bridgehead atoms. The van der Waals surface area contributed by atoms with E-state index in [-0.39, 0.29) is 5.91 Å². The van der Waals surface area contributed by atoms with E-state index >= 15 is 0 Å². The summed E-state index contributed by atoms with van der Waals surface area (Å²) in [6.07, 6.45) is 4.64. The van der Waals surface area contributed by atoms with Crippen molar-refractivity contribution in [2.75, 3.05) is 11.1 Å². The third-order valence-electron chi connectivity index (χ3n) is 2.10. The van der Waals surface area contributed by atoms with Crippen LogP contribution in [0, 0.1) is 0 Å². The lowest BCUT2D eigenvalue weighted by molar-refractivity contribution is 0.101. The van der Waals surface area contributed by atoms with E-state index in [0.29, 0.717) is 17.1 Å². The Kier molecular flexibility index (Phi) is 2.55. The zero-order valence-electron chi connectivity index (χ0n) is 8.71. The minimum Gasteiger partial charge on any atom is -0.396 e. The Hall–Kier alpha value is -2.37. The quantitative estimate of drug-likeness (QED) is 0.773. The molecule has 1 amide bonds. The molecule has 0 fully saturated rings. The van der Waals surface area contributed by atoms with Crippen molar-refractivity contribution in [3.05, 3.63) is 36.4 Å². The number of nitrogens with zero attached hydrogens (tertiary/aromatic N) is 3. The number of nitrogens with one attached hydrogen (secondary N) is 1. The van der Waals surface area contributed by atoms with Crippen LogP contribution in [0.25, 0.3) is 0 Å². The molecule has 0 radical (unpaired) electrons. The largest absolute Gasteiger partial charge is 0.396 e. The lowest BCUT2D eigenvalue weighted by Gasteiger charge is -2.05. The van der Waals surface area contributed by atoms with E-state index in [4.69, 9.17) is 5.73 Å². The number of amides is 1. The van der Waals surface area contributed by atoms with Crippen LogP contribution in [0.15, 0.2) is 30.7 Å². The first-order chi connectivity index (χ1) is 7.68. The molecular weight excluding hydrogens is 206 g/mol. The molecule has 0 aliphatic carbocycles. The van der Waals surface area contributed by atoms with Crippen molar-refractivity contribution in [1.82, 2.24) is 14.8 Å². The number of nitrogen functional groups attached to an aromatic ring is 1. The fourth-order valence-electron chi connectivity index (χ4n) is 1.36. The molecule has 0 saturated heterocycles. The SMILES string of the molecule is Cn1ncc(N)c1C(=O)Nc1cccnc1. The first-order valence-electron chi connectivity index (χ1n) is 4.67. The fourth-order valence-corrected chi connectivity index (χ4v) is 1.36. The van der Waals surface area contributed by atoms with E-state index < -0.39 is 0 Å². The van der Waals surface area contributed by atoms with Gasteiger partial charge in [-0.25, -0.2) is 0 Å². The summed E-state index contributed by atoms with van der Waals surface area (Å²) in [6.45, 7) is 0. The predicted octanol–water partition coefficient (Wildman–Crippen LogP) is 0.650. The number of hydrogen-bond donors (Lipinski definition) is 2. The Labute approximate surface area is 92.1 Å². The van der Waals surface area contributed by atoms with Gasteiger partial charge in [-0.3, -0.25) is 14.5 Å². The van der Waals surface area contributed by atoms with Gasteiger partial charge in [0.25, 0.3) is 5.91 Å². The third kappa shape index (κ3) is 1.85. The first kappa shape index (κ1) is 10.2. The molecule has 2 heterocycles. The smallest absolute Gasteiger partial charge is 0.276 e. The van der Waals surface area contributed by atoms with Gasteiger partial charge in [-0.2, -0.15) is 5.10 Å². The molecule has 0 saturated carbocycles. The number of anilines is 2. The number of nitrogens with two attached hydrogens (primary N) is 1. The summed E-state index contributed by atoms with van der Waals surface area (Å²) in [5.41, 5.74) is 6.94. The highest BCUT2D eigenvalue weighted by atomic mass is 16.2. The van der Waals surface area contributed by atoms with Crippen LogP contribution in [-0.2, 0) is 7.05 Å². The standard InChI is InChI=1S/C10H11N5O/c1-15-9(8(11)6-13-15)10(16)14-7-3-2-4-12-5-7/h2-6H,11H2,1H3,(H,14,16). The monoisotopic (exact) mass is 217 g/mol. The fraction of sp³-hybridized carbons (Fsp3) is 0.100. The Morgan fingerprint density at radius 3 is 2.88 bits per heavy atom. The van der Waals surface area contributed by atoms with Gasteiger partial charge in [-0.1, -0.05) is 0 Å². The number of pyridine rings is 1. The van der Waals surface area contributed by atoms with Crippen LogP contribution in [0.2, 0.25) is 0 Å². The van der Waals surface area contributed by atoms with Crippen LogP contribution in [0.1, 0.15) is 10.5 Å². The number of hydrogen-bond acceptors (Lipinski definition) is 4. The second kappa shape index (κ2) is 4.01. The molecule has 6 heteroatoms. The van der Waals surface area contributed by atoms with E-state index in [1.54, 1.807) is 31.6 Å². The molecule has 3 N–H and O–H groups in total. The van der Waals surface area contributed by atoms with Gasteiger partial charge < -0.3 is 11.1 Å². The van der Waals surface area contributed by atoms with Gasteiger partial charge in [0.1, 0.15) is 5.69 Å². The summed E-state index contributed by atoms with van der Waals surface area (Å²) in [5, 5.41) is 6.58. The molecule has 0 atom stereocenters. The van der Waals surface area contributed by atoms with Gasteiger partial charge in [0, 0.05) is 13.2 Å². The maximum atomic E-state index is 11.8. The Balaban J connectivity index is 2.22. The van der Waals surface area contributed by atoms with Crippen molar-refractivity contribution in [3.63, 3.8) is 0 Å². The van der Waals surface area contributed by atoms with E-state index in [1.807, 2.05) is 0 Å². The van der Waals surface area contributed by atoms with Gasteiger partial charge in [-0.05, 0) is 12.1 Å². The second-order valence-corrected chi connectivity index (χ2v) is 3.27. The summed E-state index contributed by atoms with van der Waals surface area (Å²) in [5.74, 6) is -0.300. The van der Waals surface area contributed by atoms with Crippen molar-refractivity contribution < 1.29 is 4.79 Å². The summed E-state index contributed by atoms with van der Waals surface area (Å²) in [7, 11) is 1.66. The van der Waals surface area contributed by atoms with E-state index in [0.717, 1.165) is 0 Å². The van der Waals surface area contributed by atoms with Crippen molar-refractivity contribution in [2.45, 2.75) is 0 Å². The van der Waals surface area contributed by atoms with Gasteiger partial charge >= 0.3 is 0 Å². The maximum absolute atomic E-state index is 11.8. The van der Waals surface area contributed by atoms with E-state index in [2.05, 4.69) is 15.4 Å². The average Bonchev–Trinajstić information content (AvgIpc) is 2.60. The highest BCUT2D eigenvalue weighted by molar-refractivity contribution is 6.06. The molecule has 6 nitrogen and oxygen atoms in total. The predicted molar refractivity (Wildman–Crippen MR) is 59.8 cm³/mol. The summed E-state index contributed by atoms with van der Waals surface area (Å²) in [4.78, 5) is 15.7. The van der Waals surface area contributed by atoms with Crippen molar-refractivity contribution in [2.24, 2.45) is 7.05 Å². The number of carbonyl (C=O) groups is 1. The van der Waals surface area contributed by atoms with Crippen LogP contribution in [0.3, 0.4) is 0 Å². The number of carbonyl (C=O) groups excluding carboxylic acids is 1. The molecule has 0 unspecified atom stereocenters. The highest BCUT2D eigenvalue weighted by Gasteiger charge is 2.14. The third-order valence-corrected chi connectivity index (χ3v) is 2.10. The zero-order chi connectivity index (χ0) is 11.5. The van der Waals surface area contributed by atoms with Crippen LogP contribution in [0.5, 0.6) is 0 Å². The molecule has 2 rings (SSSR count). The zero-order valence-corrected chi connectivity index (χ0v) is 8.71. The summed E-state index contributed by atoms with van der Waals surface area (Å²) >= 11 is 0. The molecule has 2 aromatic rings. The number of rotatable bonds is 2. The lowest BCUT2D eigenvalue weighted by atomic mass is 10.3. The number of aryl methyl sites for hydroxylation is 1. The Bertz CT molecular complexity index is 486. The Morgan fingerprint density at radius 2 is 2.31 bits per heavy atom. The topological polar surface area (TPSA) is 85.8 Å². The minimum atomic E-state index is -0.300. The van der Waals surface area contributed by atoms with Crippen molar-refractivity contribution >= 4 is 17.3 Å². The minimum absolute atomic E-state index is 0.300. The van der Waals surface area contributed by atoms with Crippen LogP contribution >= 0.6 is 0 Å². The van der Waals surface area contributed by atoms with Gasteiger partial charge in [-0.15, -0.1) is 0 Å². The summed E-state index contributed by atoms with van der Waals surface area (Å²) < 4.78 is 1.43. The van der Waals surface area contributed by atoms with Crippen LogP contribution in [-0.4, -0.2) is 20.7 Å². The first-order valence-corrected chi connectivity index (χ1v) is 4.67. The van der Waals surface area contributed by atoms with Gasteiger partial charge in [0.15, 0.2) is 0 Å². The lowest BCUT2D eigenvalue weighted by Crippen LogP contribution is -2.17. The average molecular weight is 217 g/mol.